The zero-order chi connectivity index (χ0) is 19.1. The number of methoxy groups -OCH3 is 1. The summed E-state index contributed by atoms with van der Waals surface area (Å²) in [4.78, 5) is 28.1. The number of nitrogens with zero attached hydrogens (tertiary/aromatic N) is 1. The monoisotopic (exact) mass is 361 g/mol. The topological polar surface area (TPSA) is 80.3 Å². The van der Waals surface area contributed by atoms with E-state index in [9.17, 15) is 9.59 Å². The van der Waals surface area contributed by atoms with Crippen LogP contribution in [0.3, 0.4) is 0 Å². The lowest BCUT2D eigenvalue weighted by Gasteiger charge is -2.09. The molecule has 0 aliphatic heterocycles. The summed E-state index contributed by atoms with van der Waals surface area (Å²) in [5.74, 6) is -0.0321. The van der Waals surface area contributed by atoms with Gasteiger partial charge in [-0.1, -0.05) is 30.3 Å². The number of esters is 1. The molecule has 2 N–H and O–H groups in total. The molecule has 27 heavy (non-hydrogen) atoms. The van der Waals surface area contributed by atoms with E-state index < -0.39 is 5.97 Å². The Kier molecular flexibility index (Phi) is 5.79. The second-order valence-corrected chi connectivity index (χ2v) is 5.79. The van der Waals surface area contributed by atoms with Gasteiger partial charge in [0.05, 0.1) is 12.7 Å². The Hall–Kier alpha value is -3.67. The number of aromatic nitrogens is 1. The van der Waals surface area contributed by atoms with Gasteiger partial charge in [-0.2, -0.15) is 0 Å². The predicted molar refractivity (Wildman–Crippen MR) is 103 cm³/mol. The van der Waals surface area contributed by atoms with E-state index in [-0.39, 0.29) is 5.91 Å². The van der Waals surface area contributed by atoms with Gasteiger partial charge in [0.15, 0.2) is 0 Å². The highest BCUT2D eigenvalue weighted by Crippen LogP contribution is 2.17. The molecule has 3 aromatic rings. The maximum atomic E-state index is 12.4. The number of pyridine rings is 1. The highest BCUT2D eigenvalue weighted by molar-refractivity contribution is 5.95. The molecule has 1 amide bonds. The van der Waals surface area contributed by atoms with Crippen LogP contribution in [-0.2, 0) is 11.3 Å². The van der Waals surface area contributed by atoms with E-state index >= 15 is 0 Å². The minimum absolute atomic E-state index is 0.176. The molecule has 6 heteroatoms. The second-order valence-electron chi connectivity index (χ2n) is 5.79. The number of hydrogen-bond donors (Lipinski definition) is 2. The Labute approximate surface area is 157 Å². The number of carbonyl (C=O) groups is 2. The number of carbonyl (C=O) groups excluding carboxylic acids is 2. The Morgan fingerprint density at radius 2 is 1.70 bits per heavy atom. The van der Waals surface area contributed by atoms with Gasteiger partial charge in [0.2, 0.25) is 0 Å². The quantitative estimate of drug-likeness (QED) is 0.657. The van der Waals surface area contributed by atoms with Gasteiger partial charge < -0.3 is 15.4 Å². The lowest BCUT2D eigenvalue weighted by molar-refractivity contribution is 0.0600. The minimum atomic E-state index is -0.392. The molecule has 1 heterocycles. The van der Waals surface area contributed by atoms with E-state index in [4.69, 9.17) is 0 Å². The van der Waals surface area contributed by atoms with E-state index in [1.807, 2.05) is 30.3 Å². The van der Waals surface area contributed by atoms with Gasteiger partial charge in [0.1, 0.15) is 5.82 Å². The van der Waals surface area contributed by atoms with E-state index in [0.29, 0.717) is 23.5 Å². The lowest BCUT2D eigenvalue weighted by atomic mass is 10.2. The molecule has 0 aliphatic rings. The first-order valence-corrected chi connectivity index (χ1v) is 8.39. The Bertz CT molecular complexity index is 925. The van der Waals surface area contributed by atoms with Crippen molar-refractivity contribution in [3.8, 4) is 0 Å². The first-order chi connectivity index (χ1) is 13.2. The molecule has 0 aliphatic carbocycles. The molecule has 6 nitrogen and oxygen atoms in total. The summed E-state index contributed by atoms with van der Waals surface area (Å²) < 4.78 is 4.68. The van der Waals surface area contributed by atoms with Crippen molar-refractivity contribution in [2.75, 3.05) is 12.4 Å². The number of rotatable bonds is 6. The molecule has 0 saturated heterocycles. The molecule has 0 saturated carbocycles. The summed E-state index contributed by atoms with van der Waals surface area (Å²) in [6.45, 7) is 0.458. The molecule has 0 spiro atoms. The molecule has 2 aromatic carbocycles. The standard InChI is InChI=1S/C21H19N3O3/c1-27-21(26)16-7-9-18(10-8-16)24-19-13-17(11-12-22-19)20(25)23-14-15-5-3-2-4-6-15/h2-13H,14H2,1H3,(H,22,24)(H,23,25). The molecule has 0 radical (unpaired) electrons. The Morgan fingerprint density at radius 1 is 0.963 bits per heavy atom. The summed E-state index contributed by atoms with van der Waals surface area (Å²) in [6, 6.07) is 19.9. The number of hydrogen-bond acceptors (Lipinski definition) is 5. The Balaban J connectivity index is 1.64. The van der Waals surface area contributed by atoms with Crippen molar-refractivity contribution >= 4 is 23.4 Å². The molecule has 1 aromatic heterocycles. The SMILES string of the molecule is COC(=O)c1ccc(Nc2cc(C(=O)NCc3ccccc3)ccn2)cc1. The molecular formula is C21H19N3O3. The largest absolute Gasteiger partial charge is 0.465 e. The third-order valence-electron chi connectivity index (χ3n) is 3.90. The van der Waals surface area contributed by atoms with Crippen molar-refractivity contribution in [3.63, 3.8) is 0 Å². The van der Waals surface area contributed by atoms with E-state index in [2.05, 4.69) is 20.4 Å². The molecule has 0 unspecified atom stereocenters. The van der Waals surface area contributed by atoms with Crippen molar-refractivity contribution in [3.05, 3.63) is 89.6 Å². The summed E-state index contributed by atoms with van der Waals surface area (Å²) >= 11 is 0. The number of benzene rings is 2. The second kappa shape index (κ2) is 8.62. The van der Waals surface area contributed by atoms with E-state index in [1.54, 1.807) is 42.6 Å². The molecular weight excluding hydrogens is 342 g/mol. The molecule has 3 rings (SSSR count). The smallest absolute Gasteiger partial charge is 0.337 e. The highest BCUT2D eigenvalue weighted by Gasteiger charge is 2.08. The third kappa shape index (κ3) is 4.92. The average molecular weight is 361 g/mol. The van der Waals surface area contributed by atoms with Crippen molar-refractivity contribution < 1.29 is 14.3 Å². The maximum absolute atomic E-state index is 12.4. The van der Waals surface area contributed by atoms with Gasteiger partial charge >= 0.3 is 5.97 Å². The van der Waals surface area contributed by atoms with Crippen molar-refractivity contribution in [1.29, 1.82) is 0 Å². The number of anilines is 2. The van der Waals surface area contributed by atoms with Crippen LogP contribution in [0.5, 0.6) is 0 Å². The van der Waals surface area contributed by atoms with Gasteiger partial charge in [-0.05, 0) is 42.0 Å². The first-order valence-electron chi connectivity index (χ1n) is 8.39. The van der Waals surface area contributed by atoms with Crippen LogP contribution in [0.15, 0.2) is 72.9 Å². The van der Waals surface area contributed by atoms with Crippen LogP contribution in [0.25, 0.3) is 0 Å². The maximum Gasteiger partial charge on any atom is 0.337 e. The molecule has 0 bridgehead atoms. The summed E-state index contributed by atoms with van der Waals surface area (Å²) in [5.41, 5.74) is 2.75. The average Bonchev–Trinajstić information content (AvgIpc) is 2.73. The number of nitrogens with one attached hydrogen (secondary N) is 2. The summed E-state index contributed by atoms with van der Waals surface area (Å²) in [7, 11) is 1.34. The fraction of sp³-hybridized carbons (Fsp3) is 0.0952. The van der Waals surface area contributed by atoms with Crippen LogP contribution in [0, 0.1) is 0 Å². The van der Waals surface area contributed by atoms with E-state index in [1.165, 1.54) is 7.11 Å². The molecule has 136 valence electrons. The Morgan fingerprint density at radius 3 is 2.41 bits per heavy atom. The van der Waals surface area contributed by atoms with Crippen LogP contribution in [0.1, 0.15) is 26.3 Å². The van der Waals surface area contributed by atoms with E-state index in [0.717, 1.165) is 11.3 Å². The van der Waals surface area contributed by atoms with Crippen LogP contribution in [0.2, 0.25) is 0 Å². The van der Waals surface area contributed by atoms with Crippen molar-refractivity contribution in [1.82, 2.24) is 10.3 Å². The van der Waals surface area contributed by atoms with Crippen molar-refractivity contribution in [2.24, 2.45) is 0 Å². The highest BCUT2D eigenvalue weighted by atomic mass is 16.5. The van der Waals surface area contributed by atoms with Crippen LogP contribution in [0.4, 0.5) is 11.5 Å². The van der Waals surface area contributed by atoms with Gasteiger partial charge in [0.25, 0.3) is 5.91 Å². The van der Waals surface area contributed by atoms with Crippen molar-refractivity contribution in [2.45, 2.75) is 6.54 Å². The zero-order valence-electron chi connectivity index (χ0n) is 14.8. The third-order valence-corrected chi connectivity index (χ3v) is 3.90. The minimum Gasteiger partial charge on any atom is -0.465 e. The summed E-state index contributed by atoms with van der Waals surface area (Å²) in [6.07, 6.45) is 1.57. The normalized spacial score (nSPS) is 10.1. The van der Waals surface area contributed by atoms with Gasteiger partial charge in [-0.15, -0.1) is 0 Å². The van der Waals surface area contributed by atoms with Crippen LogP contribution < -0.4 is 10.6 Å². The number of amides is 1. The van der Waals surface area contributed by atoms with Gasteiger partial charge in [-0.3, -0.25) is 4.79 Å². The first kappa shape index (κ1) is 18.1. The van der Waals surface area contributed by atoms with Gasteiger partial charge in [0, 0.05) is 24.0 Å². The molecule has 0 atom stereocenters. The predicted octanol–water partition coefficient (Wildman–Crippen LogP) is 3.54. The zero-order valence-corrected chi connectivity index (χ0v) is 14.8. The van der Waals surface area contributed by atoms with Crippen LogP contribution in [-0.4, -0.2) is 24.0 Å². The van der Waals surface area contributed by atoms with Crippen LogP contribution >= 0.6 is 0 Å². The fourth-order valence-corrected chi connectivity index (χ4v) is 2.48. The fourth-order valence-electron chi connectivity index (χ4n) is 2.48. The van der Waals surface area contributed by atoms with Gasteiger partial charge in [-0.25, -0.2) is 9.78 Å². The lowest BCUT2D eigenvalue weighted by Crippen LogP contribution is -2.22. The summed E-state index contributed by atoms with van der Waals surface area (Å²) in [5, 5.41) is 6.00. The molecule has 0 fully saturated rings. The number of ether oxygens (including phenoxy) is 1.